The number of nitriles is 1. The largest absolute Gasteiger partial charge is 0.478 e. The number of rotatable bonds is 8. The van der Waals surface area contributed by atoms with Crippen LogP contribution < -0.4 is 4.74 Å². The van der Waals surface area contributed by atoms with E-state index in [4.69, 9.17) is 31.1 Å². The van der Waals surface area contributed by atoms with Crippen LogP contribution >= 0.6 is 11.6 Å². The molecule has 0 saturated carbocycles. The average molecular weight is 271 g/mol. The minimum Gasteiger partial charge on any atom is -0.478 e. The summed E-state index contributed by atoms with van der Waals surface area (Å²) in [6.45, 7) is 2.22. The van der Waals surface area contributed by atoms with Crippen molar-refractivity contribution in [3.63, 3.8) is 0 Å². The Morgan fingerprint density at radius 1 is 1.28 bits per heavy atom. The second kappa shape index (κ2) is 8.70. The van der Waals surface area contributed by atoms with Gasteiger partial charge >= 0.3 is 0 Å². The van der Waals surface area contributed by atoms with Crippen LogP contribution in [-0.4, -0.2) is 38.5 Å². The lowest BCUT2D eigenvalue weighted by molar-refractivity contribution is 0.0642. The maximum absolute atomic E-state index is 8.75. The number of hydrogen-bond donors (Lipinski definition) is 0. The van der Waals surface area contributed by atoms with Gasteiger partial charge in [0.2, 0.25) is 5.88 Å². The molecule has 1 aromatic heterocycles. The van der Waals surface area contributed by atoms with E-state index in [1.807, 2.05) is 6.07 Å². The van der Waals surface area contributed by atoms with Crippen LogP contribution in [-0.2, 0) is 9.47 Å². The number of halogens is 1. The highest BCUT2D eigenvalue weighted by molar-refractivity contribution is 6.29. The van der Waals surface area contributed by atoms with Gasteiger partial charge in [0.15, 0.2) is 0 Å². The van der Waals surface area contributed by atoms with Crippen LogP contribution in [0.1, 0.15) is 12.0 Å². The summed E-state index contributed by atoms with van der Waals surface area (Å²) in [7, 11) is 1.63. The molecule has 0 aliphatic rings. The van der Waals surface area contributed by atoms with Crippen LogP contribution in [0.5, 0.6) is 5.88 Å². The van der Waals surface area contributed by atoms with Crippen molar-refractivity contribution in [3.8, 4) is 11.9 Å². The first-order chi connectivity index (χ1) is 8.76. The highest BCUT2D eigenvalue weighted by Crippen LogP contribution is 2.15. The van der Waals surface area contributed by atoms with Crippen molar-refractivity contribution in [3.05, 3.63) is 22.8 Å². The van der Waals surface area contributed by atoms with Crippen molar-refractivity contribution in [1.82, 2.24) is 4.98 Å². The SMILES string of the molecule is COCCOCCCOc1cc(C#N)cc(Cl)n1. The second-order valence-electron chi connectivity index (χ2n) is 3.44. The van der Waals surface area contributed by atoms with Crippen LogP contribution in [0.3, 0.4) is 0 Å². The van der Waals surface area contributed by atoms with E-state index in [9.17, 15) is 0 Å². The zero-order valence-corrected chi connectivity index (χ0v) is 10.9. The summed E-state index contributed by atoms with van der Waals surface area (Å²) < 4.78 is 15.5. The molecule has 1 rings (SSSR count). The summed E-state index contributed by atoms with van der Waals surface area (Å²) in [6.07, 6.45) is 0.736. The third kappa shape index (κ3) is 5.82. The van der Waals surface area contributed by atoms with E-state index in [1.165, 1.54) is 6.07 Å². The van der Waals surface area contributed by atoms with E-state index in [-0.39, 0.29) is 5.15 Å². The fourth-order valence-electron chi connectivity index (χ4n) is 1.19. The first-order valence-corrected chi connectivity index (χ1v) is 5.91. The molecule has 98 valence electrons. The highest BCUT2D eigenvalue weighted by Gasteiger charge is 2.01. The standard InChI is InChI=1S/C12H15ClN2O3/c1-16-5-6-17-3-2-4-18-12-8-10(9-14)7-11(13)15-12/h7-8H,2-6H2,1H3. The highest BCUT2D eigenvalue weighted by atomic mass is 35.5. The monoisotopic (exact) mass is 270 g/mol. The van der Waals surface area contributed by atoms with Gasteiger partial charge in [0, 0.05) is 26.2 Å². The minimum atomic E-state index is 0.250. The Bertz CT molecular complexity index is 407. The molecular formula is C12H15ClN2O3. The molecule has 0 atom stereocenters. The Morgan fingerprint density at radius 2 is 2.11 bits per heavy atom. The van der Waals surface area contributed by atoms with E-state index in [1.54, 1.807) is 13.2 Å². The molecule has 0 spiro atoms. The van der Waals surface area contributed by atoms with Crippen molar-refractivity contribution in [2.24, 2.45) is 0 Å². The van der Waals surface area contributed by atoms with Gasteiger partial charge in [-0.3, -0.25) is 0 Å². The van der Waals surface area contributed by atoms with Crippen molar-refractivity contribution in [1.29, 1.82) is 5.26 Å². The van der Waals surface area contributed by atoms with Gasteiger partial charge in [-0.05, 0) is 6.07 Å². The van der Waals surface area contributed by atoms with Crippen molar-refractivity contribution >= 4 is 11.6 Å². The zero-order chi connectivity index (χ0) is 13.2. The number of pyridine rings is 1. The molecule has 6 heteroatoms. The minimum absolute atomic E-state index is 0.250. The Labute approximate surface area is 111 Å². The molecule has 0 unspecified atom stereocenters. The first-order valence-electron chi connectivity index (χ1n) is 5.53. The number of methoxy groups -OCH3 is 1. The van der Waals surface area contributed by atoms with Crippen LogP contribution in [0.15, 0.2) is 12.1 Å². The summed E-state index contributed by atoms with van der Waals surface area (Å²) in [4.78, 5) is 3.96. The van der Waals surface area contributed by atoms with Gasteiger partial charge in [0.1, 0.15) is 5.15 Å². The smallest absolute Gasteiger partial charge is 0.215 e. The van der Waals surface area contributed by atoms with Crippen LogP contribution in [0.4, 0.5) is 0 Å². The fraction of sp³-hybridized carbons (Fsp3) is 0.500. The molecule has 0 N–H and O–H groups in total. The van der Waals surface area contributed by atoms with Gasteiger partial charge in [-0.1, -0.05) is 11.6 Å². The topological polar surface area (TPSA) is 64.4 Å². The quantitative estimate of drug-likeness (QED) is 0.534. The molecule has 0 amide bonds. The maximum atomic E-state index is 8.75. The third-order valence-electron chi connectivity index (χ3n) is 2.01. The summed E-state index contributed by atoms with van der Waals surface area (Å²) >= 11 is 5.75. The van der Waals surface area contributed by atoms with Gasteiger partial charge in [0.25, 0.3) is 0 Å². The van der Waals surface area contributed by atoms with Gasteiger partial charge in [-0.15, -0.1) is 0 Å². The molecule has 0 aliphatic heterocycles. The second-order valence-corrected chi connectivity index (χ2v) is 3.82. The number of aromatic nitrogens is 1. The van der Waals surface area contributed by atoms with E-state index in [0.29, 0.717) is 37.9 Å². The van der Waals surface area contributed by atoms with Crippen molar-refractivity contribution < 1.29 is 14.2 Å². The molecule has 1 aromatic rings. The van der Waals surface area contributed by atoms with Crippen LogP contribution in [0.25, 0.3) is 0 Å². The molecule has 5 nitrogen and oxygen atoms in total. The third-order valence-corrected chi connectivity index (χ3v) is 2.21. The molecule has 1 heterocycles. The predicted molar refractivity (Wildman–Crippen MR) is 66.8 cm³/mol. The Morgan fingerprint density at radius 3 is 2.83 bits per heavy atom. The summed E-state index contributed by atoms with van der Waals surface area (Å²) in [6, 6.07) is 5.03. The molecule has 18 heavy (non-hydrogen) atoms. The van der Waals surface area contributed by atoms with Gasteiger partial charge in [-0.2, -0.15) is 5.26 Å². The maximum Gasteiger partial charge on any atom is 0.215 e. The number of nitrogens with zero attached hydrogens (tertiary/aromatic N) is 2. The lowest BCUT2D eigenvalue weighted by Crippen LogP contribution is -2.07. The van der Waals surface area contributed by atoms with Crippen LogP contribution in [0.2, 0.25) is 5.15 Å². The number of ether oxygens (including phenoxy) is 3. The van der Waals surface area contributed by atoms with E-state index >= 15 is 0 Å². The van der Waals surface area contributed by atoms with Crippen molar-refractivity contribution in [2.75, 3.05) is 33.5 Å². The lowest BCUT2D eigenvalue weighted by atomic mass is 10.3. The zero-order valence-electron chi connectivity index (χ0n) is 10.2. The molecule has 0 fully saturated rings. The van der Waals surface area contributed by atoms with E-state index in [2.05, 4.69) is 4.98 Å². The Kier molecular flexibility index (Phi) is 7.11. The van der Waals surface area contributed by atoms with Crippen LogP contribution in [0, 0.1) is 11.3 Å². The molecule has 0 aliphatic carbocycles. The summed E-state index contributed by atoms with van der Waals surface area (Å²) in [5, 5.41) is 9.01. The predicted octanol–water partition coefficient (Wildman–Crippen LogP) is 2.04. The normalized spacial score (nSPS) is 10.1. The lowest BCUT2D eigenvalue weighted by Gasteiger charge is -2.06. The van der Waals surface area contributed by atoms with E-state index < -0.39 is 0 Å². The Hall–Kier alpha value is -1.35. The fourth-order valence-corrected chi connectivity index (χ4v) is 1.39. The average Bonchev–Trinajstić information content (AvgIpc) is 2.37. The molecule has 0 radical (unpaired) electrons. The molecule has 0 saturated heterocycles. The van der Waals surface area contributed by atoms with Gasteiger partial charge in [-0.25, -0.2) is 4.98 Å². The van der Waals surface area contributed by atoms with Crippen molar-refractivity contribution in [2.45, 2.75) is 6.42 Å². The van der Waals surface area contributed by atoms with E-state index in [0.717, 1.165) is 6.42 Å². The molecule has 0 aromatic carbocycles. The summed E-state index contributed by atoms with van der Waals surface area (Å²) in [5.74, 6) is 0.357. The molecular weight excluding hydrogens is 256 g/mol. The number of hydrogen-bond acceptors (Lipinski definition) is 5. The first kappa shape index (κ1) is 14.7. The van der Waals surface area contributed by atoms with Gasteiger partial charge in [0.05, 0.1) is 31.5 Å². The summed E-state index contributed by atoms with van der Waals surface area (Å²) in [5.41, 5.74) is 0.432. The Balaban J connectivity index is 2.23. The molecule has 0 bridgehead atoms. The van der Waals surface area contributed by atoms with Gasteiger partial charge < -0.3 is 14.2 Å².